The van der Waals surface area contributed by atoms with Crippen molar-refractivity contribution in [2.24, 2.45) is 10.9 Å². The quantitative estimate of drug-likeness (QED) is 0.358. The predicted molar refractivity (Wildman–Crippen MR) is 97.8 cm³/mol. The SMILES string of the molecule is CC(=O)c1ccc(NC(=O)C(C)ON=C(N)c2cccc(Cl)c2)cc1. The van der Waals surface area contributed by atoms with Crippen LogP contribution in [-0.2, 0) is 9.63 Å². The van der Waals surface area contributed by atoms with Crippen molar-refractivity contribution in [1.29, 1.82) is 0 Å². The summed E-state index contributed by atoms with van der Waals surface area (Å²) in [5.41, 5.74) is 7.53. The van der Waals surface area contributed by atoms with Gasteiger partial charge in [0.05, 0.1) is 0 Å². The Hall–Kier alpha value is -2.86. The Balaban J connectivity index is 1.95. The average molecular weight is 360 g/mol. The van der Waals surface area contributed by atoms with E-state index < -0.39 is 12.0 Å². The van der Waals surface area contributed by atoms with E-state index in [-0.39, 0.29) is 11.6 Å². The van der Waals surface area contributed by atoms with Gasteiger partial charge >= 0.3 is 0 Å². The number of nitrogens with two attached hydrogens (primary N) is 1. The second-order valence-corrected chi connectivity index (χ2v) is 5.79. The lowest BCUT2D eigenvalue weighted by molar-refractivity contribution is -0.126. The lowest BCUT2D eigenvalue weighted by Gasteiger charge is -2.11. The molecule has 1 atom stereocenters. The zero-order valence-electron chi connectivity index (χ0n) is 13.8. The summed E-state index contributed by atoms with van der Waals surface area (Å²) < 4.78 is 0. The molecule has 1 amide bonds. The summed E-state index contributed by atoms with van der Waals surface area (Å²) in [4.78, 5) is 28.5. The number of carbonyl (C=O) groups excluding carboxylic acids is 2. The third kappa shape index (κ3) is 5.32. The number of hydrogen-bond acceptors (Lipinski definition) is 4. The van der Waals surface area contributed by atoms with Crippen LogP contribution >= 0.6 is 11.6 Å². The highest BCUT2D eigenvalue weighted by Crippen LogP contribution is 2.12. The minimum atomic E-state index is -0.856. The van der Waals surface area contributed by atoms with Gasteiger partial charge in [-0.25, -0.2) is 0 Å². The molecule has 0 aliphatic heterocycles. The fourth-order valence-corrected chi connectivity index (χ4v) is 2.11. The summed E-state index contributed by atoms with van der Waals surface area (Å²) in [5.74, 6) is -0.313. The van der Waals surface area contributed by atoms with E-state index in [0.717, 1.165) is 0 Å². The van der Waals surface area contributed by atoms with Crippen LogP contribution in [0.4, 0.5) is 5.69 Å². The van der Waals surface area contributed by atoms with Crippen molar-refractivity contribution < 1.29 is 14.4 Å². The van der Waals surface area contributed by atoms with E-state index in [1.807, 2.05) is 0 Å². The lowest BCUT2D eigenvalue weighted by atomic mass is 10.1. The number of Topliss-reactive ketones (excluding diaryl/α,β-unsaturated/α-hetero) is 1. The smallest absolute Gasteiger partial charge is 0.267 e. The van der Waals surface area contributed by atoms with E-state index in [1.54, 1.807) is 55.5 Å². The van der Waals surface area contributed by atoms with Crippen LogP contribution in [-0.4, -0.2) is 23.6 Å². The molecule has 0 spiro atoms. The second kappa shape index (κ2) is 8.30. The zero-order valence-corrected chi connectivity index (χ0v) is 14.6. The van der Waals surface area contributed by atoms with Crippen molar-refractivity contribution in [2.45, 2.75) is 20.0 Å². The summed E-state index contributed by atoms with van der Waals surface area (Å²) in [6, 6.07) is 13.4. The summed E-state index contributed by atoms with van der Waals surface area (Å²) in [6.45, 7) is 3.03. The molecule has 7 heteroatoms. The highest BCUT2D eigenvalue weighted by atomic mass is 35.5. The maximum atomic E-state index is 12.1. The molecular weight excluding hydrogens is 342 g/mol. The Bertz CT molecular complexity index is 803. The van der Waals surface area contributed by atoms with Crippen molar-refractivity contribution in [1.82, 2.24) is 0 Å². The number of amides is 1. The lowest BCUT2D eigenvalue weighted by Crippen LogP contribution is -2.27. The highest BCUT2D eigenvalue weighted by Gasteiger charge is 2.15. The molecule has 0 radical (unpaired) electrons. The molecule has 0 saturated heterocycles. The minimum absolute atomic E-state index is 0.0413. The number of nitrogens with one attached hydrogen (secondary N) is 1. The van der Waals surface area contributed by atoms with Gasteiger partial charge < -0.3 is 15.9 Å². The molecule has 2 rings (SSSR count). The fourth-order valence-electron chi connectivity index (χ4n) is 1.92. The number of amidine groups is 1. The van der Waals surface area contributed by atoms with Gasteiger partial charge in [-0.1, -0.05) is 28.9 Å². The maximum Gasteiger partial charge on any atom is 0.267 e. The molecular formula is C18H18ClN3O3. The first-order chi connectivity index (χ1) is 11.9. The van der Waals surface area contributed by atoms with Gasteiger partial charge in [0.1, 0.15) is 0 Å². The van der Waals surface area contributed by atoms with Crippen LogP contribution in [0.3, 0.4) is 0 Å². The number of oxime groups is 1. The van der Waals surface area contributed by atoms with Crippen molar-refractivity contribution in [3.63, 3.8) is 0 Å². The molecule has 0 aromatic heterocycles. The van der Waals surface area contributed by atoms with Crippen LogP contribution in [0.1, 0.15) is 29.8 Å². The van der Waals surface area contributed by atoms with Gasteiger partial charge in [0.15, 0.2) is 11.6 Å². The van der Waals surface area contributed by atoms with E-state index in [2.05, 4.69) is 10.5 Å². The molecule has 1 unspecified atom stereocenters. The first kappa shape index (κ1) is 18.5. The summed E-state index contributed by atoms with van der Waals surface area (Å²) in [6.07, 6.45) is -0.856. The van der Waals surface area contributed by atoms with E-state index in [9.17, 15) is 9.59 Å². The maximum absolute atomic E-state index is 12.1. The van der Waals surface area contributed by atoms with Crippen molar-refractivity contribution in [2.75, 3.05) is 5.32 Å². The first-order valence-electron chi connectivity index (χ1n) is 7.54. The van der Waals surface area contributed by atoms with Crippen LogP contribution in [0.25, 0.3) is 0 Å². The molecule has 2 aromatic carbocycles. The molecule has 25 heavy (non-hydrogen) atoms. The van der Waals surface area contributed by atoms with Gasteiger partial charge in [0.25, 0.3) is 5.91 Å². The van der Waals surface area contributed by atoms with Crippen LogP contribution < -0.4 is 11.1 Å². The Morgan fingerprint density at radius 1 is 1.16 bits per heavy atom. The van der Waals surface area contributed by atoms with Crippen molar-refractivity contribution in [3.05, 3.63) is 64.7 Å². The molecule has 0 saturated carbocycles. The number of halogens is 1. The normalized spacial score (nSPS) is 12.4. The first-order valence-corrected chi connectivity index (χ1v) is 7.91. The van der Waals surface area contributed by atoms with E-state index >= 15 is 0 Å². The summed E-state index contributed by atoms with van der Waals surface area (Å²) in [5, 5.41) is 6.96. The molecule has 6 nitrogen and oxygen atoms in total. The van der Waals surface area contributed by atoms with Crippen LogP contribution in [0, 0.1) is 0 Å². The second-order valence-electron chi connectivity index (χ2n) is 5.36. The Morgan fingerprint density at radius 3 is 2.44 bits per heavy atom. The third-order valence-corrected chi connectivity index (χ3v) is 3.59. The number of rotatable bonds is 6. The largest absolute Gasteiger partial charge is 0.381 e. The van der Waals surface area contributed by atoms with Gasteiger partial charge in [-0.2, -0.15) is 0 Å². The Labute approximate surface area is 150 Å². The van der Waals surface area contributed by atoms with Crippen molar-refractivity contribution in [3.8, 4) is 0 Å². The summed E-state index contributed by atoms with van der Waals surface area (Å²) in [7, 11) is 0. The van der Waals surface area contributed by atoms with Gasteiger partial charge in [-0.3, -0.25) is 9.59 Å². The molecule has 2 aromatic rings. The number of hydrogen-bond donors (Lipinski definition) is 2. The zero-order chi connectivity index (χ0) is 18.4. The third-order valence-electron chi connectivity index (χ3n) is 3.36. The van der Waals surface area contributed by atoms with Crippen LogP contribution in [0.2, 0.25) is 5.02 Å². The highest BCUT2D eigenvalue weighted by molar-refractivity contribution is 6.31. The van der Waals surface area contributed by atoms with Gasteiger partial charge in [0, 0.05) is 21.8 Å². The Morgan fingerprint density at radius 2 is 1.84 bits per heavy atom. The van der Waals surface area contributed by atoms with Crippen LogP contribution in [0.5, 0.6) is 0 Å². The van der Waals surface area contributed by atoms with E-state index in [1.165, 1.54) is 6.92 Å². The fraction of sp³-hybridized carbons (Fsp3) is 0.167. The standard InChI is InChI=1S/C18H18ClN3O3/c1-11(23)13-6-8-16(9-7-13)21-18(24)12(2)25-22-17(20)14-4-3-5-15(19)10-14/h3-10,12H,1-2H3,(H2,20,22)(H,21,24). The number of anilines is 1. The molecule has 0 aliphatic carbocycles. The van der Waals surface area contributed by atoms with Gasteiger partial charge in [-0.15, -0.1) is 0 Å². The molecule has 0 aliphatic rings. The molecule has 0 bridgehead atoms. The van der Waals surface area contributed by atoms with E-state index in [4.69, 9.17) is 22.2 Å². The number of ketones is 1. The van der Waals surface area contributed by atoms with Gasteiger partial charge in [0.2, 0.25) is 6.10 Å². The van der Waals surface area contributed by atoms with Gasteiger partial charge in [-0.05, 0) is 50.2 Å². The monoisotopic (exact) mass is 359 g/mol. The Kier molecular flexibility index (Phi) is 6.14. The average Bonchev–Trinajstić information content (AvgIpc) is 2.59. The summed E-state index contributed by atoms with van der Waals surface area (Å²) >= 11 is 5.89. The van der Waals surface area contributed by atoms with E-state index in [0.29, 0.717) is 21.8 Å². The number of carbonyl (C=O) groups is 2. The number of benzene rings is 2. The predicted octanol–water partition coefficient (Wildman–Crippen LogP) is 3.21. The topological polar surface area (TPSA) is 93.8 Å². The molecule has 0 heterocycles. The number of nitrogens with zero attached hydrogens (tertiary/aromatic N) is 1. The van der Waals surface area contributed by atoms with Crippen molar-refractivity contribution >= 4 is 34.8 Å². The van der Waals surface area contributed by atoms with Crippen LogP contribution in [0.15, 0.2) is 53.7 Å². The molecule has 3 N–H and O–H groups in total. The molecule has 0 fully saturated rings. The molecule has 130 valence electrons. The minimum Gasteiger partial charge on any atom is -0.381 e.